The molecule has 6 nitrogen and oxygen atoms in total. The zero-order valence-corrected chi connectivity index (χ0v) is 17.1. The number of nitrogens with one attached hydrogen (secondary N) is 2. The number of hydrogen-bond acceptors (Lipinski definition) is 4. The third-order valence-electron chi connectivity index (χ3n) is 4.98. The number of ether oxygens (including phenoxy) is 3. The lowest BCUT2D eigenvalue weighted by Gasteiger charge is -2.20. The van der Waals surface area contributed by atoms with Crippen LogP contribution in [0.4, 0.5) is 14.9 Å². The van der Waals surface area contributed by atoms with Crippen molar-refractivity contribution >= 4 is 11.7 Å². The molecular weight excluding hydrogens is 399 g/mol. The Bertz CT molecular complexity index is 1060. The summed E-state index contributed by atoms with van der Waals surface area (Å²) >= 11 is 0. The molecule has 0 aromatic heterocycles. The van der Waals surface area contributed by atoms with Gasteiger partial charge in [0.15, 0.2) is 11.5 Å². The maximum Gasteiger partial charge on any atom is 0.319 e. The fraction of sp³-hybridized carbons (Fsp3) is 0.208. The van der Waals surface area contributed by atoms with Gasteiger partial charge in [-0.3, -0.25) is 0 Å². The first kappa shape index (κ1) is 20.5. The lowest BCUT2D eigenvalue weighted by molar-refractivity contribution is 0.174. The minimum Gasteiger partial charge on any atom is -0.497 e. The highest BCUT2D eigenvalue weighted by molar-refractivity contribution is 5.89. The van der Waals surface area contributed by atoms with Crippen LogP contribution in [0.25, 0.3) is 0 Å². The van der Waals surface area contributed by atoms with E-state index in [1.54, 1.807) is 19.2 Å². The topological polar surface area (TPSA) is 68.8 Å². The number of hydrogen-bond donors (Lipinski definition) is 2. The van der Waals surface area contributed by atoms with Gasteiger partial charge < -0.3 is 24.8 Å². The van der Waals surface area contributed by atoms with Gasteiger partial charge in [0.2, 0.25) is 6.79 Å². The van der Waals surface area contributed by atoms with Gasteiger partial charge in [0, 0.05) is 11.7 Å². The van der Waals surface area contributed by atoms with Gasteiger partial charge in [-0.2, -0.15) is 0 Å². The van der Waals surface area contributed by atoms with Gasteiger partial charge in [0.05, 0.1) is 7.11 Å². The molecule has 3 aromatic rings. The van der Waals surface area contributed by atoms with Crippen molar-refractivity contribution in [1.29, 1.82) is 0 Å². The van der Waals surface area contributed by atoms with E-state index in [0.29, 0.717) is 30.0 Å². The molecular formula is C24H23FN2O4. The monoisotopic (exact) mass is 422 g/mol. The Morgan fingerprint density at radius 2 is 1.74 bits per heavy atom. The predicted molar refractivity (Wildman–Crippen MR) is 115 cm³/mol. The zero-order chi connectivity index (χ0) is 21.6. The minimum absolute atomic E-state index is 0.206. The summed E-state index contributed by atoms with van der Waals surface area (Å²) in [4.78, 5) is 12.6. The Labute approximate surface area is 179 Å². The van der Waals surface area contributed by atoms with Gasteiger partial charge in [0.1, 0.15) is 11.6 Å². The average molecular weight is 422 g/mol. The van der Waals surface area contributed by atoms with Crippen molar-refractivity contribution in [3.63, 3.8) is 0 Å². The van der Waals surface area contributed by atoms with Gasteiger partial charge in [-0.05, 0) is 66.4 Å². The van der Waals surface area contributed by atoms with Crippen molar-refractivity contribution in [3.05, 3.63) is 83.7 Å². The van der Waals surface area contributed by atoms with Crippen LogP contribution < -0.4 is 24.8 Å². The number of amides is 2. The van der Waals surface area contributed by atoms with E-state index in [1.165, 1.54) is 12.1 Å². The highest BCUT2D eigenvalue weighted by Crippen LogP contribution is 2.33. The lowest BCUT2D eigenvalue weighted by atomic mass is 9.98. The molecule has 0 bridgehead atoms. The smallest absolute Gasteiger partial charge is 0.319 e. The third kappa shape index (κ3) is 5.45. The maximum atomic E-state index is 13.4. The van der Waals surface area contributed by atoms with E-state index in [2.05, 4.69) is 10.6 Å². The van der Waals surface area contributed by atoms with Crippen LogP contribution in [-0.4, -0.2) is 26.0 Å². The number of fused-ring (bicyclic) bond motifs is 1. The summed E-state index contributed by atoms with van der Waals surface area (Å²) in [7, 11) is 1.62. The van der Waals surface area contributed by atoms with E-state index in [9.17, 15) is 9.18 Å². The minimum atomic E-state index is -0.409. The molecule has 7 heteroatoms. The molecule has 0 aliphatic carbocycles. The molecule has 31 heavy (non-hydrogen) atoms. The Kier molecular flexibility index (Phi) is 6.21. The van der Waals surface area contributed by atoms with Crippen LogP contribution in [0.5, 0.6) is 17.2 Å². The Morgan fingerprint density at radius 3 is 2.52 bits per heavy atom. The van der Waals surface area contributed by atoms with E-state index < -0.39 is 11.8 Å². The Balaban J connectivity index is 1.48. The first-order chi connectivity index (χ1) is 15.1. The first-order valence-electron chi connectivity index (χ1n) is 9.93. The molecule has 2 N–H and O–H groups in total. The SMILES string of the molecule is COc1ccc(CC(Cc2ccc3c(c2)OCO3)NC(=O)Nc2cccc(F)c2)cc1. The maximum absolute atomic E-state index is 13.4. The number of halogens is 1. The fourth-order valence-corrected chi connectivity index (χ4v) is 3.49. The lowest BCUT2D eigenvalue weighted by Crippen LogP contribution is -2.40. The highest BCUT2D eigenvalue weighted by atomic mass is 19.1. The normalized spacial score (nSPS) is 12.8. The first-order valence-corrected chi connectivity index (χ1v) is 9.93. The van der Waals surface area contributed by atoms with Crippen LogP contribution in [0.15, 0.2) is 66.7 Å². The second kappa shape index (κ2) is 9.38. The van der Waals surface area contributed by atoms with Crippen LogP contribution in [-0.2, 0) is 12.8 Å². The predicted octanol–water partition coefficient (Wildman–Crippen LogP) is 4.54. The van der Waals surface area contributed by atoms with E-state index >= 15 is 0 Å². The molecule has 1 unspecified atom stereocenters. The summed E-state index contributed by atoms with van der Waals surface area (Å²) < 4.78 is 29.5. The Morgan fingerprint density at radius 1 is 1.00 bits per heavy atom. The van der Waals surface area contributed by atoms with Crippen LogP contribution in [0, 0.1) is 5.82 Å². The van der Waals surface area contributed by atoms with Gasteiger partial charge in [-0.1, -0.05) is 24.3 Å². The summed E-state index contributed by atoms with van der Waals surface area (Å²) in [6.45, 7) is 0.211. The van der Waals surface area contributed by atoms with E-state index in [1.807, 2.05) is 42.5 Å². The second-order valence-corrected chi connectivity index (χ2v) is 7.25. The largest absolute Gasteiger partial charge is 0.497 e. The summed E-state index contributed by atoms with van der Waals surface area (Å²) in [5.74, 6) is 1.78. The summed E-state index contributed by atoms with van der Waals surface area (Å²) in [5.41, 5.74) is 2.45. The number of urea groups is 1. The number of carbonyl (C=O) groups is 1. The van der Waals surface area contributed by atoms with Crippen molar-refractivity contribution in [2.75, 3.05) is 19.2 Å². The van der Waals surface area contributed by atoms with Crippen molar-refractivity contribution in [1.82, 2.24) is 5.32 Å². The van der Waals surface area contributed by atoms with Crippen LogP contribution in [0.3, 0.4) is 0 Å². The third-order valence-corrected chi connectivity index (χ3v) is 4.98. The van der Waals surface area contributed by atoms with Crippen molar-refractivity contribution in [3.8, 4) is 17.2 Å². The fourth-order valence-electron chi connectivity index (χ4n) is 3.49. The van der Waals surface area contributed by atoms with Gasteiger partial charge in [-0.25, -0.2) is 9.18 Å². The number of methoxy groups -OCH3 is 1. The van der Waals surface area contributed by atoms with Crippen molar-refractivity contribution < 1.29 is 23.4 Å². The van der Waals surface area contributed by atoms with Gasteiger partial charge >= 0.3 is 6.03 Å². The molecule has 2 amide bonds. The van der Waals surface area contributed by atoms with E-state index in [0.717, 1.165) is 16.9 Å². The number of rotatable bonds is 7. The van der Waals surface area contributed by atoms with E-state index in [-0.39, 0.29) is 12.8 Å². The van der Waals surface area contributed by atoms with Crippen molar-refractivity contribution in [2.45, 2.75) is 18.9 Å². The van der Waals surface area contributed by atoms with Crippen LogP contribution >= 0.6 is 0 Å². The van der Waals surface area contributed by atoms with Gasteiger partial charge in [-0.15, -0.1) is 0 Å². The van der Waals surface area contributed by atoms with Crippen molar-refractivity contribution in [2.24, 2.45) is 0 Å². The molecule has 4 rings (SSSR count). The molecule has 0 radical (unpaired) electrons. The second-order valence-electron chi connectivity index (χ2n) is 7.25. The molecule has 0 saturated heterocycles. The number of benzene rings is 3. The highest BCUT2D eigenvalue weighted by Gasteiger charge is 2.18. The van der Waals surface area contributed by atoms with Gasteiger partial charge in [0.25, 0.3) is 0 Å². The molecule has 0 fully saturated rings. The molecule has 0 saturated carbocycles. The quantitative estimate of drug-likeness (QED) is 0.587. The van der Waals surface area contributed by atoms with Crippen LogP contribution in [0.2, 0.25) is 0 Å². The molecule has 1 aliphatic heterocycles. The molecule has 160 valence electrons. The number of anilines is 1. The molecule has 1 aliphatic rings. The summed E-state index contributed by atoms with van der Waals surface area (Å²) in [5, 5.41) is 5.69. The molecule has 0 spiro atoms. The van der Waals surface area contributed by atoms with Crippen LogP contribution in [0.1, 0.15) is 11.1 Å². The zero-order valence-electron chi connectivity index (χ0n) is 17.1. The number of carbonyl (C=O) groups excluding carboxylic acids is 1. The molecule has 1 atom stereocenters. The average Bonchev–Trinajstić information content (AvgIpc) is 3.22. The summed E-state index contributed by atoms with van der Waals surface area (Å²) in [6.07, 6.45) is 1.19. The molecule has 1 heterocycles. The Hall–Kier alpha value is -3.74. The summed E-state index contributed by atoms with van der Waals surface area (Å²) in [6, 6.07) is 18.7. The molecule has 3 aromatic carbocycles. The van der Waals surface area contributed by atoms with E-state index in [4.69, 9.17) is 14.2 Å². The standard InChI is InChI=1S/C24H23FN2O4/c1-29-21-8-5-16(6-9-21)11-20(12-17-7-10-22-23(13-17)31-15-30-22)27-24(28)26-19-4-2-3-18(25)14-19/h2-10,13-14,20H,11-12,15H2,1H3,(H2,26,27,28).